The van der Waals surface area contributed by atoms with Gasteiger partial charge in [-0.05, 0) is 51.4 Å². The van der Waals surface area contributed by atoms with Crippen LogP contribution in [0, 0.1) is 0 Å². The highest BCUT2D eigenvalue weighted by molar-refractivity contribution is 4.86. The Hall–Kier alpha value is -0.120. The molecule has 94 valence electrons. The van der Waals surface area contributed by atoms with Gasteiger partial charge in [-0.2, -0.15) is 0 Å². The van der Waals surface area contributed by atoms with E-state index in [2.05, 4.69) is 0 Å². The predicted octanol–water partition coefficient (Wildman–Crippen LogP) is 2.27. The SMILES string of the molecule is COC1CCC(O)(CCC2CCCO2)CC1. The Bertz CT molecular complexity index is 203. The van der Waals surface area contributed by atoms with Crippen LogP contribution in [0.25, 0.3) is 0 Å². The highest BCUT2D eigenvalue weighted by atomic mass is 16.5. The van der Waals surface area contributed by atoms with Crippen LogP contribution >= 0.6 is 0 Å². The fourth-order valence-electron chi connectivity index (χ4n) is 2.92. The molecule has 1 saturated heterocycles. The molecule has 3 heteroatoms. The average molecular weight is 228 g/mol. The van der Waals surface area contributed by atoms with Crippen LogP contribution in [0.15, 0.2) is 0 Å². The normalized spacial score (nSPS) is 40.1. The lowest BCUT2D eigenvalue weighted by Crippen LogP contribution is -2.37. The van der Waals surface area contributed by atoms with Gasteiger partial charge in [-0.25, -0.2) is 0 Å². The second-order valence-corrected chi connectivity index (χ2v) is 5.33. The molecule has 1 unspecified atom stereocenters. The van der Waals surface area contributed by atoms with Gasteiger partial charge in [-0.3, -0.25) is 0 Å². The maximum absolute atomic E-state index is 10.4. The first-order chi connectivity index (χ1) is 7.72. The van der Waals surface area contributed by atoms with Crippen LogP contribution in [0.2, 0.25) is 0 Å². The number of methoxy groups -OCH3 is 1. The van der Waals surface area contributed by atoms with Gasteiger partial charge >= 0.3 is 0 Å². The van der Waals surface area contributed by atoms with Gasteiger partial charge in [0.2, 0.25) is 0 Å². The van der Waals surface area contributed by atoms with Gasteiger partial charge in [0.05, 0.1) is 17.8 Å². The second kappa shape index (κ2) is 5.48. The van der Waals surface area contributed by atoms with Gasteiger partial charge in [0.15, 0.2) is 0 Å². The Balaban J connectivity index is 1.71. The highest BCUT2D eigenvalue weighted by Crippen LogP contribution is 2.34. The molecule has 2 fully saturated rings. The number of rotatable bonds is 4. The molecule has 1 aliphatic carbocycles. The minimum Gasteiger partial charge on any atom is -0.390 e. The summed E-state index contributed by atoms with van der Waals surface area (Å²) in [4.78, 5) is 0. The average Bonchev–Trinajstić information content (AvgIpc) is 2.81. The van der Waals surface area contributed by atoms with E-state index in [0.29, 0.717) is 12.2 Å². The van der Waals surface area contributed by atoms with Crippen molar-refractivity contribution in [1.29, 1.82) is 0 Å². The van der Waals surface area contributed by atoms with Gasteiger partial charge in [0.25, 0.3) is 0 Å². The van der Waals surface area contributed by atoms with Crippen LogP contribution in [0.5, 0.6) is 0 Å². The summed E-state index contributed by atoms with van der Waals surface area (Å²) in [7, 11) is 1.77. The van der Waals surface area contributed by atoms with E-state index in [0.717, 1.165) is 45.1 Å². The summed E-state index contributed by atoms with van der Waals surface area (Å²) in [6, 6.07) is 0. The van der Waals surface area contributed by atoms with Crippen molar-refractivity contribution >= 4 is 0 Å². The molecule has 0 aromatic rings. The van der Waals surface area contributed by atoms with Gasteiger partial charge < -0.3 is 14.6 Å². The van der Waals surface area contributed by atoms with Gasteiger partial charge in [-0.15, -0.1) is 0 Å². The van der Waals surface area contributed by atoms with Gasteiger partial charge in [0, 0.05) is 13.7 Å². The van der Waals surface area contributed by atoms with Gasteiger partial charge in [0.1, 0.15) is 0 Å². The monoisotopic (exact) mass is 228 g/mol. The Labute approximate surface area is 98.1 Å². The molecule has 0 radical (unpaired) electrons. The summed E-state index contributed by atoms with van der Waals surface area (Å²) in [5.74, 6) is 0. The zero-order valence-electron chi connectivity index (χ0n) is 10.3. The molecule has 1 heterocycles. The molecule has 1 aliphatic heterocycles. The first-order valence-corrected chi connectivity index (χ1v) is 6.59. The minimum atomic E-state index is -0.443. The van der Waals surface area contributed by atoms with E-state index in [-0.39, 0.29) is 0 Å². The van der Waals surface area contributed by atoms with Crippen LogP contribution in [0.4, 0.5) is 0 Å². The van der Waals surface area contributed by atoms with Crippen LogP contribution < -0.4 is 0 Å². The minimum absolute atomic E-state index is 0.364. The van der Waals surface area contributed by atoms with E-state index < -0.39 is 5.60 Å². The Morgan fingerprint density at radius 3 is 2.62 bits per heavy atom. The number of ether oxygens (including phenoxy) is 2. The van der Waals surface area contributed by atoms with E-state index in [1.807, 2.05) is 0 Å². The standard InChI is InChI=1S/C13H24O3/c1-15-11-4-7-13(14,8-5-11)9-6-12-3-2-10-16-12/h11-12,14H,2-10H2,1H3. The molecule has 16 heavy (non-hydrogen) atoms. The second-order valence-electron chi connectivity index (χ2n) is 5.33. The molecule has 1 atom stereocenters. The molecule has 0 aromatic carbocycles. The largest absolute Gasteiger partial charge is 0.390 e. The van der Waals surface area contributed by atoms with Gasteiger partial charge in [-0.1, -0.05) is 0 Å². The molecule has 3 nitrogen and oxygen atoms in total. The van der Waals surface area contributed by atoms with Crippen molar-refractivity contribution in [2.75, 3.05) is 13.7 Å². The van der Waals surface area contributed by atoms with Crippen molar-refractivity contribution in [2.24, 2.45) is 0 Å². The third kappa shape index (κ3) is 3.19. The van der Waals surface area contributed by atoms with E-state index in [4.69, 9.17) is 9.47 Å². The van der Waals surface area contributed by atoms with Crippen LogP contribution in [-0.2, 0) is 9.47 Å². The van der Waals surface area contributed by atoms with Crippen molar-refractivity contribution in [3.63, 3.8) is 0 Å². The smallest absolute Gasteiger partial charge is 0.0650 e. The molecule has 1 saturated carbocycles. The Kier molecular flexibility index (Phi) is 4.22. The Morgan fingerprint density at radius 2 is 2.06 bits per heavy atom. The van der Waals surface area contributed by atoms with Crippen molar-refractivity contribution in [2.45, 2.75) is 69.2 Å². The Morgan fingerprint density at radius 1 is 1.31 bits per heavy atom. The molecule has 0 amide bonds. The summed E-state index contributed by atoms with van der Waals surface area (Å²) in [5.41, 5.74) is -0.443. The third-order valence-corrected chi connectivity index (χ3v) is 4.15. The predicted molar refractivity (Wildman–Crippen MR) is 62.4 cm³/mol. The van der Waals surface area contributed by atoms with Crippen molar-refractivity contribution in [3.05, 3.63) is 0 Å². The topological polar surface area (TPSA) is 38.7 Å². The van der Waals surface area contributed by atoms with Crippen LogP contribution in [-0.4, -0.2) is 36.6 Å². The lowest BCUT2D eigenvalue weighted by Gasteiger charge is -2.36. The van der Waals surface area contributed by atoms with E-state index in [1.165, 1.54) is 12.8 Å². The summed E-state index contributed by atoms with van der Waals surface area (Å²) in [6.45, 7) is 0.912. The fourth-order valence-corrected chi connectivity index (χ4v) is 2.92. The molecule has 0 aromatic heterocycles. The van der Waals surface area contributed by atoms with Crippen LogP contribution in [0.1, 0.15) is 51.4 Å². The van der Waals surface area contributed by atoms with E-state index in [1.54, 1.807) is 7.11 Å². The van der Waals surface area contributed by atoms with Crippen molar-refractivity contribution in [3.8, 4) is 0 Å². The summed E-state index contributed by atoms with van der Waals surface area (Å²) < 4.78 is 10.9. The van der Waals surface area contributed by atoms with Crippen LogP contribution in [0.3, 0.4) is 0 Å². The molecule has 0 spiro atoms. The number of hydrogen-bond donors (Lipinski definition) is 1. The maximum Gasteiger partial charge on any atom is 0.0650 e. The zero-order valence-corrected chi connectivity index (χ0v) is 10.3. The molecular weight excluding hydrogens is 204 g/mol. The summed E-state index contributed by atoms with van der Waals surface area (Å²) in [6.07, 6.45) is 8.83. The summed E-state index contributed by atoms with van der Waals surface area (Å²) >= 11 is 0. The molecule has 0 bridgehead atoms. The van der Waals surface area contributed by atoms with E-state index in [9.17, 15) is 5.11 Å². The quantitative estimate of drug-likeness (QED) is 0.802. The number of hydrogen-bond acceptors (Lipinski definition) is 3. The lowest BCUT2D eigenvalue weighted by molar-refractivity contribution is -0.0554. The fraction of sp³-hybridized carbons (Fsp3) is 1.00. The third-order valence-electron chi connectivity index (χ3n) is 4.15. The first kappa shape index (κ1) is 12.3. The molecule has 1 N–H and O–H groups in total. The first-order valence-electron chi connectivity index (χ1n) is 6.59. The number of aliphatic hydroxyl groups is 1. The molecule has 2 aliphatic rings. The molecule has 2 rings (SSSR count). The van der Waals surface area contributed by atoms with Crippen molar-refractivity contribution < 1.29 is 14.6 Å². The van der Waals surface area contributed by atoms with E-state index >= 15 is 0 Å². The maximum atomic E-state index is 10.4. The highest BCUT2D eigenvalue weighted by Gasteiger charge is 2.33. The van der Waals surface area contributed by atoms with Crippen molar-refractivity contribution in [1.82, 2.24) is 0 Å². The summed E-state index contributed by atoms with van der Waals surface area (Å²) in [5, 5.41) is 10.4. The zero-order chi connectivity index (χ0) is 11.4. The lowest BCUT2D eigenvalue weighted by atomic mass is 9.80. The molecular formula is C13H24O3.